The molecule has 0 saturated carbocycles. The molecule has 0 spiro atoms. The number of nitrogens with one attached hydrogen (secondary N) is 2. The van der Waals surface area contributed by atoms with Gasteiger partial charge in [-0.1, -0.05) is 26.0 Å². The molecule has 3 nitrogen and oxygen atoms in total. The van der Waals surface area contributed by atoms with Crippen LogP contribution in [0.2, 0.25) is 0 Å². The van der Waals surface area contributed by atoms with Crippen LogP contribution < -0.4 is 10.6 Å². The lowest BCUT2D eigenvalue weighted by Crippen LogP contribution is -2.40. The highest BCUT2D eigenvalue weighted by molar-refractivity contribution is 5.94. The highest BCUT2D eigenvalue weighted by Crippen LogP contribution is 2.20. The molecule has 0 unspecified atom stereocenters. The number of anilines is 1. The smallest absolute Gasteiger partial charge is 0.318 e. The van der Waals surface area contributed by atoms with Gasteiger partial charge >= 0.3 is 12.1 Å². The summed E-state index contributed by atoms with van der Waals surface area (Å²) in [6.45, 7) is 6.79. The summed E-state index contributed by atoms with van der Waals surface area (Å²) in [5.41, 5.74) is 0.958. The molecule has 1 aromatic rings. The molecule has 0 radical (unpaired) electrons. The summed E-state index contributed by atoms with van der Waals surface area (Å²) in [5, 5.41) is 5.24. The van der Waals surface area contributed by atoms with Gasteiger partial charge in [-0.3, -0.25) is 4.79 Å². The third-order valence-electron chi connectivity index (χ3n) is 3.72. The highest BCUT2D eigenvalue weighted by Gasteiger charge is 2.38. The maximum atomic E-state index is 12.2. The van der Waals surface area contributed by atoms with Crippen molar-refractivity contribution in [2.75, 3.05) is 5.32 Å². The molecular formula is C15H21F3N2O. The van der Waals surface area contributed by atoms with E-state index in [1.807, 2.05) is 11.4 Å². The number of amides is 1. The average Bonchev–Trinajstić information content (AvgIpc) is 2.44. The monoisotopic (exact) mass is 302 g/mol. The molecule has 2 N–H and O–H groups in total. The van der Waals surface area contributed by atoms with Gasteiger partial charge in [-0.15, -0.1) is 0 Å². The molecule has 0 aliphatic rings. The van der Waals surface area contributed by atoms with E-state index in [2.05, 4.69) is 26.1 Å². The number of rotatable bonds is 6. The van der Waals surface area contributed by atoms with E-state index < -0.39 is 12.1 Å². The molecule has 0 saturated heterocycles. The number of hydrogen-bond acceptors (Lipinski definition) is 2. The molecule has 6 heteroatoms. The summed E-state index contributed by atoms with van der Waals surface area (Å²) < 4.78 is 36.6. The van der Waals surface area contributed by atoms with Gasteiger partial charge in [0.15, 0.2) is 0 Å². The van der Waals surface area contributed by atoms with E-state index in [0.29, 0.717) is 6.54 Å². The largest absolute Gasteiger partial charge is 0.471 e. The van der Waals surface area contributed by atoms with Gasteiger partial charge in [0.05, 0.1) is 0 Å². The number of carbonyl (C=O) groups excluding carboxylic acids is 1. The van der Waals surface area contributed by atoms with Crippen molar-refractivity contribution in [3.63, 3.8) is 0 Å². The molecule has 21 heavy (non-hydrogen) atoms. The van der Waals surface area contributed by atoms with Gasteiger partial charge in [0.2, 0.25) is 0 Å². The van der Waals surface area contributed by atoms with Crippen LogP contribution in [0, 0.1) is 0 Å². The Morgan fingerprint density at radius 3 is 2.33 bits per heavy atom. The topological polar surface area (TPSA) is 41.1 Å². The average molecular weight is 302 g/mol. The Morgan fingerprint density at radius 2 is 1.81 bits per heavy atom. The van der Waals surface area contributed by atoms with Crippen molar-refractivity contribution in [2.24, 2.45) is 0 Å². The summed E-state index contributed by atoms with van der Waals surface area (Å²) in [6, 6.07) is 6.41. The van der Waals surface area contributed by atoms with E-state index in [4.69, 9.17) is 0 Å². The van der Waals surface area contributed by atoms with E-state index in [1.54, 1.807) is 12.1 Å². The van der Waals surface area contributed by atoms with Crippen LogP contribution in [0.15, 0.2) is 24.3 Å². The molecule has 1 amide bonds. The number of benzene rings is 1. The minimum atomic E-state index is -4.88. The van der Waals surface area contributed by atoms with Crippen LogP contribution in [0.4, 0.5) is 18.9 Å². The van der Waals surface area contributed by atoms with Crippen LogP contribution in [0.1, 0.15) is 39.2 Å². The zero-order valence-corrected chi connectivity index (χ0v) is 12.5. The van der Waals surface area contributed by atoms with E-state index in [-0.39, 0.29) is 11.2 Å². The lowest BCUT2D eigenvalue weighted by atomic mass is 9.95. The van der Waals surface area contributed by atoms with Gasteiger partial charge in [0, 0.05) is 17.8 Å². The van der Waals surface area contributed by atoms with Crippen molar-refractivity contribution in [3.05, 3.63) is 29.8 Å². The van der Waals surface area contributed by atoms with Crippen molar-refractivity contribution in [1.82, 2.24) is 5.32 Å². The van der Waals surface area contributed by atoms with E-state index >= 15 is 0 Å². The maximum Gasteiger partial charge on any atom is 0.471 e. The fraction of sp³-hybridized carbons (Fsp3) is 0.533. The first-order valence-electron chi connectivity index (χ1n) is 6.92. The van der Waals surface area contributed by atoms with Gasteiger partial charge in [-0.2, -0.15) is 13.2 Å². The lowest BCUT2D eigenvalue weighted by Gasteiger charge is -2.28. The first-order chi connectivity index (χ1) is 9.70. The number of hydrogen-bond donors (Lipinski definition) is 2. The van der Waals surface area contributed by atoms with Gasteiger partial charge < -0.3 is 10.6 Å². The lowest BCUT2D eigenvalue weighted by molar-refractivity contribution is -0.167. The first kappa shape index (κ1) is 17.5. The predicted octanol–water partition coefficient (Wildman–Crippen LogP) is 3.86. The van der Waals surface area contributed by atoms with E-state index in [1.165, 1.54) is 6.07 Å². The summed E-state index contributed by atoms with van der Waals surface area (Å²) in [5.74, 6) is -1.96. The Kier molecular flexibility index (Phi) is 5.78. The van der Waals surface area contributed by atoms with E-state index in [9.17, 15) is 18.0 Å². The molecule has 0 fully saturated rings. The molecule has 118 valence electrons. The van der Waals surface area contributed by atoms with E-state index in [0.717, 1.165) is 18.4 Å². The SMILES string of the molecule is CCC(C)(CC)NCc1cccc(NC(=O)C(F)(F)F)c1. The van der Waals surface area contributed by atoms with Crippen molar-refractivity contribution in [3.8, 4) is 0 Å². The molecular weight excluding hydrogens is 281 g/mol. The summed E-state index contributed by atoms with van der Waals surface area (Å²) in [7, 11) is 0. The molecule has 0 atom stereocenters. The van der Waals surface area contributed by atoms with Crippen molar-refractivity contribution in [1.29, 1.82) is 0 Å². The minimum absolute atomic E-state index is 0.00871. The Labute approximate surface area is 122 Å². The second kappa shape index (κ2) is 6.93. The predicted molar refractivity (Wildman–Crippen MR) is 77.0 cm³/mol. The molecule has 0 aromatic heterocycles. The van der Waals surface area contributed by atoms with Gasteiger partial charge in [0.25, 0.3) is 0 Å². The molecule has 0 heterocycles. The summed E-state index contributed by atoms with van der Waals surface area (Å²) in [4.78, 5) is 10.9. The van der Waals surface area contributed by atoms with Crippen LogP contribution in [0.25, 0.3) is 0 Å². The van der Waals surface area contributed by atoms with Crippen LogP contribution in [0.3, 0.4) is 0 Å². The molecule has 1 aromatic carbocycles. The fourth-order valence-corrected chi connectivity index (χ4v) is 1.78. The fourth-order valence-electron chi connectivity index (χ4n) is 1.78. The molecule has 0 aliphatic heterocycles. The quantitative estimate of drug-likeness (QED) is 0.838. The number of alkyl halides is 3. The maximum absolute atomic E-state index is 12.2. The third-order valence-corrected chi connectivity index (χ3v) is 3.72. The van der Waals surface area contributed by atoms with Crippen molar-refractivity contribution < 1.29 is 18.0 Å². The van der Waals surface area contributed by atoms with Crippen LogP contribution in [-0.2, 0) is 11.3 Å². The van der Waals surface area contributed by atoms with Crippen molar-refractivity contribution in [2.45, 2.75) is 51.9 Å². The zero-order chi connectivity index (χ0) is 16.1. The Hall–Kier alpha value is -1.56. The Morgan fingerprint density at radius 1 is 1.19 bits per heavy atom. The Bertz CT molecular complexity index is 482. The number of halogens is 3. The van der Waals surface area contributed by atoms with Crippen LogP contribution >= 0.6 is 0 Å². The summed E-state index contributed by atoms with van der Waals surface area (Å²) >= 11 is 0. The first-order valence-corrected chi connectivity index (χ1v) is 6.92. The van der Waals surface area contributed by atoms with Gasteiger partial charge in [-0.05, 0) is 37.5 Å². The zero-order valence-electron chi connectivity index (χ0n) is 12.5. The molecule has 1 rings (SSSR count). The van der Waals surface area contributed by atoms with Gasteiger partial charge in [-0.25, -0.2) is 0 Å². The second-order valence-electron chi connectivity index (χ2n) is 5.27. The molecule has 0 aliphatic carbocycles. The third kappa shape index (κ3) is 5.38. The standard InChI is InChI=1S/C15H21F3N2O/c1-4-14(3,5-2)19-10-11-7-6-8-12(9-11)20-13(21)15(16,17)18/h6-9,19H,4-5,10H2,1-3H3,(H,20,21). The highest BCUT2D eigenvalue weighted by atomic mass is 19.4. The van der Waals surface area contributed by atoms with Crippen LogP contribution in [0.5, 0.6) is 0 Å². The second-order valence-corrected chi connectivity index (χ2v) is 5.27. The van der Waals surface area contributed by atoms with Gasteiger partial charge in [0.1, 0.15) is 0 Å². The minimum Gasteiger partial charge on any atom is -0.318 e. The van der Waals surface area contributed by atoms with Crippen LogP contribution in [-0.4, -0.2) is 17.6 Å². The summed E-state index contributed by atoms with van der Waals surface area (Å²) in [6.07, 6.45) is -2.97. The van der Waals surface area contributed by atoms with Crippen molar-refractivity contribution >= 4 is 11.6 Å². The Balaban J connectivity index is 2.71. The normalized spacial score (nSPS) is 12.3. The molecule has 0 bridgehead atoms. The number of carbonyl (C=O) groups is 1.